The van der Waals surface area contributed by atoms with Crippen LogP contribution in [0, 0.1) is 5.82 Å². The van der Waals surface area contributed by atoms with Crippen LogP contribution in [0.5, 0.6) is 0 Å². The summed E-state index contributed by atoms with van der Waals surface area (Å²) < 4.78 is 19.4. The Morgan fingerprint density at radius 2 is 2.28 bits per heavy atom. The Hall–Kier alpha value is -0.800. The maximum Gasteiger partial charge on any atom is 0.129 e. The lowest BCUT2D eigenvalue weighted by atomic mass is 10.1. The van der Waals surface area contributed by atoms with Crippen molar-refractivity contribution in [1.82, 2.24) is 0 Å². The Labute approximate surface area is 113 Å². The van der Waals surface area contributed by atoms with Crippen LogP contribution in [0.25, 0.3) is 0 Å². The van der Waals surface area contributed by atoms with Crippen molar-refractivity contribution < 1.29 is 9.13 Å². The normalized spacial score (nSPS) is 19.8. The van der Waals surface area contributed by atoms with Crippen LogP contribution in [0.3, 0.4) is 0 Å². The Morgan fingerprint density at radius 1 is 1.44 bits per heavy atom. The highest BCUT2D eigenvalue weighted by Gasteiger charge is 2.18. The van der Waals surface area contributed by atoms with Gasteiger partial charge in [0.1, 0.15) is 5.82 Å². The van der Waals surface area contributed by atoms with Crippen molar-refractivity contribution in [3.63, 3.8) is 0 Å². The number of likely N-dealkylation sites (N-methyl/N-ethyl adjacent to an activating group) is 1. The molecule has 18 heavy (non-hydrogen) atoms. The number of alkyl halides is 1. The summed E-state index contributed by atoms with van der Waals surface area (Å²) in [4.78, 5) is 2.04. The lowest BCUT2D eigenvalue weighted by molar-refractivity contribution is 0.0216. The molecule has 100 valence electrons. The first-order chi connectivity index (χ1) is 8.72. The fourth-order valence-corrected chi connectivity index (χ4v) is 2.66. The van der Waals surface area contributed by atoms with Gasteiger partial charge in [-0.1, -0.05) is 6.07 Å². The summed E-state index contributed by atoms with van der Waals surface area (Å²) in [5.41, 5.74) is 1.43. The van der Waals surface area contributed by atoms with E-state index in [0.29, 0.717) is 5.56 Å². The highest BCUT2D eigenvalue weighted by Crippen LogP contribution is 2.25. The summed E-state index contributed by atoms with van der Waals surface area (Å²) in [5, 5.41) is 0. The van der Waals surface area contributed by atoms with Gasteiger partial charge in [-0.3, -0.25) is 0 Å². The average Bonchev–Trinajstić information content (AvgIpc) is 2.39. The van der Waals surface area contributed by atoms with E-state index in [0.717, 1.165) is 31.7 Å². The molecule has 1 unspecified atom stereocenters. The Bertz CT molecular complexity index is 393. The first-order valence-corrected chi connectivity index (χ1v) is 6.92. The number of anilines is 1. The second-order valence-electron chi connectivity index (χ2n) is 4.74. The molecule has 0 aliphatic carbocycles. The lowest BCUT2D eigenvalue weighted by Crippen LogP contribution is -2.33. The van der Waals surface area contributed by atoms with E-state index < -0.39 is 0 Å². The molecule has 1 atom stereocenters. The zero-order chi connectivity index (χ0) is 13.0. The van der Waals surface area contributed by atoms with Crippen LogP contribution in [0.2, 0.25) is 0 Å². The van der Waals surface area contributed by atoms with E-state index in [2.05, 4.69) is 0 Å². The van der Waals surface area contributed by atoms with Gasteiger partial charge >= 0.3 is 0 Å². The van der Waals surface area contributed by atoms with Gasteiger partial charge in [0.05, 0.1) is 12.0 Å². The van der Waals surface area contributed by atoms with Crippen molar-refractivity contribution in [2.75, 3.05) is 25.1 Å². The van der Waals surface area contributed by atoms with Crippen molar-refractivity contribution in [3.8, 4) is 0 Å². The molecular weight excluding hydrogens is 253 g/mol. The van der Waals surface area contributed by atoms with Gasteiger partial charge in [-0.2, -0.15) is 0 Å². The Balaban J connectivity index is 2.07. The van der Waals surface area contributed by atoms with Crippen LogP contribution in [-0.4, -0.2) is 26.3 Å². The minimum atomic E-state index is -0.237. The molecule has 1 aliphatic rings. The summed E-state index contributed by atoms with van der Waals surface area (Å²) in [6.45, 7) is 1.62. The van der Waals surface area contributed by atoms with Gasteiger partial charge in [0.15, 0.2) is 0 Å². The standard InChI is InChI=1S/C14H19ClFNO/c1-17(10-11-5-2-3-8-18-11)14-7-4-6-13(16)12(14)9-15/h4,6-7,11H,2-3,5,8-10H2,1H3. The van der Waals surface area contributed by atoms with Crippen LogP contribution in [0.1, 0.15) is 24.8 Å². The fraction of sp³-hybridized carbons (Fsp3) is 0.571. The number of nitrogens with zero attached hydrogens (tertiary/aromatic N) is 1. The van der Waals surface area contributed by atoms with Crippen molar-refractivity contribution in [2.45, 2.75) is 31.2 Å². The van der Waals surface area contributed by atoms with Gasteiger partial charge in [0, 0.05) is 31.5 Å². The van der Waals surface area contributed by atoms with Crippen LogP contribution in [-0.2, 0) is 10.6 Å². The van der Waals surface area contributed by atoms with Gasteiger partial charge < -0.3 is 9.64 Å². The number of rotatable bonds is 4. The summed E-state index contributed by atoms with van der Waals surface area (Å²) >= 11 is 5.83. The van der Waals surface area contributed by atoms with Crippen LogP contribution in [0.4, 0.5) is 10.1 Å². The van der Waals surface area contributed by atoms with Crippen molar-refractivity contribution in [2.24, 2.45) is 0 Å². The minimum Gasteiger partial charge on any atom is -0.376 e. The SMILES string of the molecule is CN(CC1CCCCO1)c1cccc(F)c1CCl. The third kappa shape index (κ3) is 3.15. The molecular formula is C14H19ClFNO. The first kappa shape index (κ1) is 13.6. The molecule has 1 fully saturated rings. The molecule has 2 nitrogen and oxygen atoms in total. The van der Waals surface area contributed by atoms with Gasteiger partial charge in [0.2, 0.25) is 0 Å². The molecule has 0 aromatic heterocycles. The first-order valence-electron chi connectivity index (χ1n) is 6.38. The van der Waals surface area contributed by atoms with Crippen molar-refractivity contribution in [1.29, 1.82) is 0 Å². The maximum absolute atomic E-state index is 13.6. The third-order valence-corrected chi connectivity index (χ3v) is 3.66. The molecule has 0 N–H and O–H groups in total. The predicted octanol–water partition coefficient (Wildman–Crippen LogP) is 3.57. The topological polar surface area (TPSA) is 12.5 Å². The number of ether oxygens (including phenoxy) is 1. The Kier molecular flexibility index (Phi) is 4.84. The fourth-order valence-electron chi connectivity index (χ4n) is 2.39. The van der Waals surface area contributed by atoms with Crippen LogP contribution in [0.15, 0.2) is 18.2 Å². The largest absolute Gasteiger partial charge is 0.376 e. The number of halogens is 2. The molecule has 0 radical (unpaired) electrons. The summed E-state index contributed by atoms with van der Waals surface area (Å²) in [6, 6.07) is 5.08. The smallest absolute Gasteiger partial charge is 0.129 e. The van der Waals surface area contributed by atoms with E-state index in [1.807, 2.05) is 18.0 Å². The molecule has 0 amide bonds. The van der Waals surface area contributed by atoms with Gasteiger partial charge in [-0.05, 0) is 31.4 Å². The molecule has 0 saturated carbocycles. The van der Waals surface area contributed by atoms with Crippen molar-refractivity contribution >= 4 is 17.3 Å². The second-order valence-corrected chi connectivity index (χ2v) is 5.01. The van der Waals surface area contributed by atoms with Gasteiger partial charge in [-0.15, -0.1) is 11.6 Å². The number of hydrogen-bond acceptors (Lipinski definition) is 2. The van der Waals surface area contributed by atoms with Crippen LogP contribution >= 0.6 is 11.6 Å². The minimum absolute atomic E-state index is 0.192. The Morgan fingerprint density at radius 3 is 2.94 bits per heavy atom. The van der Waals surface area contributed by atoms with Gasteiger partial charge in [-0.25, -0.2) is 4.39 Å². The van der Waals surface area contributed by atoms with Crippen molar-refractivity contribution in [3.05, 3.63) is 29.6 Å². The number of hydrogen-bond donors (Lipinski definition) is 0. The molecule has 4 heteroatoms. The highest BCUT2D eigenvalue weighted by atomic mass is 35.5. The zero-order valence-electron chi connectivity index (χ0n) is 10.7. The summed E-state index contributed by atoms with van der Waals surface area (Å²) in [7, 11) is 1.96. The van der Waals surface area contributed by atoms with E-state index in [1.54, 1.807) is 6.07 Å². The number of benzene rings is 1. The maximum atomic E-state index is 13.6. The van der Waals surface area contributed by atoms with E-state index in [1.165, 1.54) is 12.5 Å². The summed E-state index contributed by atoms with van der Waals surface area (Å²) in [6.07, 6.45) is 3.68. The summed E-state index contributed by atoms with van der Waals surface area (Å²) in [5.74, 6) is -0.0448. The average molecular weight is 272 g/mol. The van der Waals surface area contributed by atoms with Gasteiger partial charge in [0.25, 0.3) is 0 Å². The van der Waals surface area contributed by atoms with E-state index >= 15 is 0 Å². The molecule has 1 saturated heterocycles. The van der Waals surface area contributed by atoms with E-state index in [4.69, 9.17) is 16.3 Å². The van der Waals surface area contributed by atoms with E-state index in [-0.39, 0.29) is 17.8 Å². The monoisotopic (exact) mass is 271 g/mol. The molecule has 1 heterocycles. The quantitative estimate of drug-likeness (QED) is 0.777. The molecule has 0 spiro atoms. The molecule has 1 aromatic carbocycles. The zero-order valence-corrected chi connectivity index (χ0v) is 11.4. The molecule has 1 aliphatic heterocycles. The highest BCUT2D eigenvalue weighted by molar-refractivity contribution is 6.17. The molecule has 2 rings (SSSR count). The molecule has 1 aromatic rings. The third-order valence-electron chi connectivity index (χ3n) is 3.39. The lowest BCUT2D eigenvalue weighted by Gasteiger charge is -2.29. The molecule has 0 bridgehead atoms. The predicted molar refractivity (Wildman–Crippen MR) is 72.8 cm³/mol. The van der Waals surface area contributed by atoms with Crippen LogP contribution < -0.4 is 4.90 Å². The second kappa shape index (κ2) is 6.39. The van der Waals surface area contributed by atoms with E-state index in [9.17, 15) is 4.39 Å².